The summed E-state index contributed by atoms with van der Waals surface area (Å²) in [6.07, 6.45) is 4.36. The Bertz CT molecular complexity index is 715. The van der Waals surface area contributed by atoms with Gasteiger partial charge < -0.3 is 14.9 Å². The summed E-state index contributed by atoms with van der Waals surface area (Å²) in [7, 11) is 0. The molecule has 1 aromatic rings. The van der Waals surface area contributed by atoms with Gasteiger partial charge in [-0.2, -0.15) is 0 Å². The van der Waals surface area contributed by atoms with Crippen LogP contribution in [0.2, 0.25) is 0 Å². The van der Waals surface area contributed by atoms with E-state index in [0.717, 1.165) is 24.9 Å². The van der Waals surface area contributed by atoms with Gasteiger partial charge in [0, 0.05) is 37.8 Å². The number of amides is 2. The average molecular weight is 340 g/mol. The number of fused-ring (bicyclic) bond motifs is 5. The van der Waals surface area contributed by atoms with Gasteiger partial charge in [-0.1, -0.05) is 6.07 Å². The molecule has 2 heterocycles. The van der Waals surface area contributed by atoms with Gasteiger partial charge in [0.05, 0.1) is 5.92 Å². The molecule has 0 unspecified atom stereocenters. The third kappa shape index (κ3) is 2.35. The molecule has 0 aromatic heterocycles. The predicted molar refractivity (Wildman–Crippen MR) is 93.0 cm³/mol. The number of nitrogens with zero attached hydrogens (tertiary/aromatic N) is 2. The Labute approximate surface area is 147 Å². The molecule has 0 radical (unpaired) electrons. The quantitative estimate of drug-likeness (QED) is 0.898. The number of rotatable bonds is 2. The first kappa shape index (κ1) is 15.2. The van der Waals surface area contributed by atoms with Crippen LogP contribution >= 0.6 is 0 Å². The minimum Gasteiger partial charge on any atom is -0.508 e. The van der Waals surface area contributed by atoms with Gasteiger partial charge in [-0.15, -0.1) is 0 Å². The van der Waals surface area contributed by atoms with Gasteiger partial charge >= 0.3 is 0 Å². The molecular formula is C20H24N2O3. The lowest BCUT2D eigenvalue weighted by Gasteiger charge is -2.22. The van der Waals surface area contributed by atoms with Crippen molar-refractivity contribution in [2.24, 2.45) is 29.6 Å². The number of anilines is 1. The summed E-state index contributed by atoms with van der Waals surface area (Å²) in [5.74, 6) is 3.12. The monoisotopic (exact) mass is 340 g/mol. The second-order valence-electron chi connectivity index (χ2n) is 8.33. The van der Waals surface area contributed by atoms with E-state index in [9.17, 15) is 14.7 Å². The topological polar surface area (TPSA) is 60.9 Å². The summed E-state index contributed by atoms with van der Waals surface area (Å²) < 4.78 is 0. The van der Waals surface area contributed by atoms with Crippen molar-refractivity contribution in [3.63, 3.8) is 0 Å². The van der Waals surface area contributed by atoms with Gasteiger partial charge in [0.1, 0.15) is 5.75 Å². The SMILES string of the molecule is O=C([C@@H]1CC(=O)N(c2cccc(O)c2)C1)N1C[C@@H]2[C@@H]3CC[C@@H](C3)[C@@H]2C1. The Morgan fingerprint density at radius 3 is 2.48 bits per heavy atom. The minimum absolute atomic E-state index is 0.0246. The number of likely N-dealkylation sites (tertiary alicyclic amines) is 1. The van der Waals surface area contributed by atoms with Crippen LogP contribution in [-0.2, 0) is 9.59 Å². The molecule has 5 nitrogen and oxygen atoms in total. The van der Waals surface area contributed by atoms with Crippen molar-refractivity contribution in [1.29, 1.82) is 0 Å². The van der Waals surface area contributed by atoms with E-state index in [2.05, 4.69) is 0 Å². The summed E-state index contributed by atoms with van der Waals surface area (Å²) in [5.41, 5.74) is 0.677. The standard InChI is InChI=1S/C20H24N2O3/c23-16-3-1-2-15(8-16)22-9-14(7-19(22)24)20(25)21-10-17-12-4-5-13(6-12)18(17)11-21/h1-3,8,12-14,17-18,23H,4-7,9-11H2/t12-,13+,14-,17-,18+/m1/s1. The summed E-state index contributed by atoms with van der Waals surface area (Å²) in [6, 6.07) is 6.71. The summed E-state index contributed by atoms with van der Waals surface area (Å²) in [6.45, 7) is 2.24. The number of benzene rings is 1. The summed E-state index contributed by atoms with van der Waals surface area (Å²) >= 11 is 0. The van der Waals surface area contributed by atoms with Crippen molar-refractivity contribution in [3.8, 4) is 5.75 Å². The highest BCUT2D eigenvalue weighted by Crippen LogP contribution is 2.55. The van der Waals surface area contributed by atoms with Crippen LogP contribution in [0.25, 0.3) is 0 Å². The number of carbonyl (C=O) groups is 2. The van der Waals surface area contributed by atoms with Crippen LogP contribution in [-0.4, -0.2) is 41.5 Å². The highest BCUT2D eigenvalue weighted by atomic mass is 16.3. The second-order valence-corrected chi connectivity index (χ2v) is 8.33. The minimum atomic E-state index is -0.244. The van der Waals surface area contributed by atoms with Crippen molar-refractivity contribution in [2.45, 2.75) is 25.7 Å². The van der Waals surface area contributed by atoms with Crippen molar-refractivity contribution in [1.82, 2.24) is 4.90 Å². The van der Waals surface area contributed by atoms with Crippen LogP contribution in [0.4, 0.5) is 5.69 Å². The van der Waals surface area contributed by atoms with E-state index in [1.54, 1.807) is 23.1 Å². The molecule has 0 spiro atoms. The molecule has 4 aliphatic rings. The van der Waals surface area contributed by atoms with E-state index in [1.807, 2.05) is 11.0 Å². The van der Waals surface area contributed by atoms with E-state index in [-0.39, 0.29) is 29.9 Å². The van der Waals surface area contributed by atoms with Crippen LogP contribution in [0.15, 0.2) is 24.3 Å². The Morgan fingerprint density at radius 1 is 1.08 bits per heavy atom. The number of phenols is 1. The molecular weight excluding hydrogens is 316 g/mol. The Balaban J connectivity index is 1.28. The molecule has 132 valence electrons. The van der Waals surface area contributed by atoms with Crippen LogP contribution in [0.1, 0.15) is 25.7 Å². The van der Waals surface area contributed by atoms with Gasteiger partial charge in [0.15, 0.2) is 0 Å². The fourth-order valence-corrected chi connectivity index (χ4v) is 5.90. The Kier molecular flexibility index (Phi) is 3.34. The van der Waals surface area contributed by atoms with E-state index in [1.165, 1.54) is 19.3 Å². The lowest BCUT2D eigenvalue weighted by Crippen LogP contribution is -2.37. The van der Waals surface area contributed by atoms with Crippen LogP contribution in [0, 0.1) is 29.6 Å². The molecule has 5 atom stereocenters. The van der Waals surface area contributed by atoms with Crippen LogP contribution in [0.5, 0.6) is 5.75 Å². The van der Waals surface area contributed by atoms with Gasteiger partial charge in [0.2, 0.25) is 11.8 Å². The molecule has 5 heteroatoms. The number of phenolic OH excluding ortho intramolecular Hbond substituents is 1. The van der Waals surface area contributed by atoms with Crippen molar-refractivity contribution in [3.05, 3.63) is 24.3 Å². The molecule has 1 aromatic carbocycles. The molecule has 2 saturated heterocycles. The zero-order valence-corrected chi connectivity index (χ0v) is 14.3. The highest BCUT2D eigenvalue weighted by molar-refractivity contribution is 6.00. The third-order valence-electron chi connectivity index (χ3n) is 7.06. The number of hydrogen-bond donors (Lipinski definition) is 1. The van der Waals surface area contributed by atoms with Crippen molar-refractivity contribution < 1.29 is 14.7 Å². The maximum absolute atomic E-state index is 13.0. The second kappa shape index (κ2) is 5.48. The molecule has 2 bridgehead atoms. The smallest absolute Gasteiger partial charge is 0.228 e. The van der Waals surface area contributed by atoms with Gasteiger partial charge in [0.25, 0.3) is 0 Å². The lowest BCUT2D eigenvalue weighted by molar-refractivity contribution is -0.135. The molecule has 1 N–H and O–H groups in total. The Morgan fingerprint density at radius 2 is 1.80 bits per heavy atom. The zero-order valence-electron chi connectivity index (χ0n) is 14.3. The van der Waals surface area contributed by atoms with Crippen LogP contribution in [0.3, 0.4) is 0 Å². The van der Waals surface area contributed by atoms with Crippen LogP contribution < -0.4 is 4.90 Å². The van der Waals surface area contributed by atoms with Crippen molar-refractivity contribution in [2.75, 3.05) is 24.5 Å². The number of aromatic hydroxyl groups is 1. The maximum Gasteiger partial charge on any atom is 0.228 e. The highest BCUT2D eigenvalue weighted by Gasteiger charge is 2.53. The zero-order chi connectivity index (χ0) is 17.1. The molecule has 5 rings (SSSR count). The first-order valence-corrected chi connectivity index (χ1v) is 9.48. The molecule has 2 amide bonds. The predicted octanol–water partition coefficient (Wildman–Crippen LogP) is 2.25. The normalized spacial score (nSPS) is 36.3. The molecule has 4 fully saturated rings. The Hall–Kier alpha value is -2.04. The fraction of sp³-hybridized carbons (Fsp3) is 0.600. The van der Waals surface area contributed by atoms with Crippen molar-refractivity contribution >= 4 is 17.5 Å². The lowest BCUT2D eigenvalue weighted by atomic mass is 9.82. The molecule has 2 aliphatic heterocycles. The first-order valence-electron chi connectivity index (χ1n) is 9.48. The average Bonchev–Trinajstić information content (AvgIpc) is 3.35. The first-order chi connectivity index (χ1) is 12.1. The molecule has 2 saturated carbocycles. The van der Waals surface area contributed by atoms with Gasteiger partial charge in [-0.05, 0) is 55.1 Å². The number of carbonyl (C=O) groups excluding carboxylic acids is 2. The number of hydrogen-bond acceptors (Lipinski definition) is 3. The van der Waals surface area contributed by atoms with Gasteiger partial charge in [-0.25, -0.2) is 0 Å². The van der Waals surface area contributed by atoms with E-state index >= 15 is 0 Å². The third-order valence-corrected chi connectivity index (χ3v) is 7.06. The van der Waals surface area contributed by atoms with Gasteiger partial charge in [-0.3, -0.25) is 9.59 Å². The fourth-order valence-electron chi connectivity index (χ4n) is 5.90. The molecule has 25 heavy (non-hydrogen) atoms. The van der Waals surface area contributed by atoms with E-state index < -0.39 is 0 Å². The summed E-state index contributed by atoms with van der Waals surface area (Å²) in [5, 5.41) is 9.64. The van der Waals surface area contributed by atoms with E-state index in [0.29, 0.717) is 24.1 Å². The molecule has 2 aliphatic carbocycles. The van der Waals surface area contributed by atoms with E-state index in [4.69, 9.17) is 0 Å². The summed E-state index contributed by atoms with van der Waals surface area (Å²) in [4.78, 5) is 29.1. The maximum atomic E-state index is 13.0. The largest absolute Gasteiger partial charge is 0.508 e.